The van der Waals surface area contributed by atoms with Gasteiger partial charge in [0.15, 0.2) is 6.61 Å². The predicted molar refractivity (Wildman–Crippen MR) is 121 cm³/mol. The highest BCUT2D eigenvalue weighted by Gasteiger charge is 2.29. The molecule has 2 rings (SSSR count). The van der Waals surface area contributed by atoms with Crippen LogP contribution in [0.3, 0.4) is 0 Å². The Balaban J connectivity index is 2.21. The molecule has 6 heteroatoms. The van der Waals surface area contributed by atoms with Crippen LogP contribution in [-0.4, -0.2) is 35.9 Å². The fourth-order valence-corrected chi connectivity index (χ4v) is 3.32. The van der Waals surface area contributed by atoms with Gasteiger partial charge in [0.05, 0.1) is 5.02 Å². The number of hydrogen-bond donors (Lipinski definition) is 1. The number of halogens is 1. The molecule has 2 amide bonds. The van der Waals surface area contributed by atoms with Crippen LogP contribution in [0.15, 0.2) is 48.5 Å². The Hall–Kier alpha value is -2.53. The second-order valence-corrected chi connectivity index (χ2v) is 8.20. The summed E-state index contributed by atoms with van der Waals surface area (Å²) in [7, 11) is 0. The van der Waals surface area contributed by atoms with Crippen molar-refractivity contribution < 1.29 is 14.3 Å². The molecule has 162 valence electrons. The van der Waals surface area contributed by atoms with E-state index >= 15 is 0 Å². The van der Waals surface area contributed by atoms with Crippen LogP contribution in [-0.2, 0) is 16.1 Å². The molecule has 0 spiro atoms. The maximum absolute atomic E-state index is 13.1. The molecular formula is C24H31ClN2O3. The first kappa shape index (κ1) is 23.7. The minimum Gasteiger partial charge on any atom is -0.482 e. The van der Waals surface area contributed by atoms with Crippen molar-refractivity contribution in [3.63, 3.8) is 0 Å². The Morgan fingerprint density at radius 3 is 2.50 bits per heavy atom. The van der Waals surface area contributed by atoms with Crippen LogP contribution in [0.25, 0.3) is 0 Å². The van der Waals surface area contributed by atoms with Crippen molar-refractivity contribution in [3.8, 4) is 5.75 Å². The summed E-state index contributed by atoms with van der Waals surface area (Å²) < 4.78 is 5.66. The van der Waals surface area contributed by atoms with E-state index in [-0.39, 0.29) is 18.4 Å². The second kappa shape index (κ2) is 11.6. The first-order valence-corrected chi connectivity index (χ1v) is 10.7. The van der Waals surface area contributed by atoms with Gasteiger partial charge in [-0.25, -0.2) is 0 Å². The van der Waals surface area contributed by atoms with Gasteiger partial charge in [-0.3, -0.25) is 9.59 Å². The number of carbonyl (C=O) groups excluding carboxylic acids is 2. The van der Waals surface area contributed by atoms with E-state index in [1.165, 1.54) is 0 Å². The van der Waals surface area contributed by atoms with Crippen molar-refractivity contribution in [2.24, 2.45) is 5.92 Å². The molecule has 2 aromatic carbocycles. The molecular weight excluding hydrogens is 400 g/mol. The van der Waals surface area contributed by atoms with E-state index in [9.17, 15) is 9.59 Å². The van der Waals surface area contributed by atoms with Gasteiger partial charge >= 0.3 is 0 Å². The summed E-state index contributed by atoms with van der Waals surface area (Å²) in [5, 5.41) is 3.40. The summed E-state index contributed by atoms with van der Waals surface area (Å²) in [6.07, 6.45) is 0.508. The van der Waals surface area contributed by atoms with Crippen molar-refractivity contribution in [1.29, 1.82) is 0 Å². The summed E-state index contributed by atoms with van der Waals surface area (Å²) in [4.78, 5) is 27.6. The van der Waals surface area contributed by atoms with Crippen LogP contribution in [0, 0.1) is 12.8 Å². The molecule has 0 aliphatic rings. The molecule has 2 aromatic rings. The zero-order valence-corrected chi connectivity index (χ0v) is 18.9. The number of carbonyl (C=O) groups is 2. The average Bonchev–Trinajstić information content (AvgIpc) is 2.71. The number of hydrogen-bond acceptors (Lipinski definition) is 3. The molecule has 30 heavy (non-hydrogen) atoms. The van der Waals surface area contributed by atoms with Gasteiger partial charge in [0.25, 0.3) is 5.91 Å². The lowest BCUT2D eigenvalue weighted by Crippen LogP contribution is -2.50. The monoisotopic (exact) mass is 430 g/mol. The predicted octanol–water partition coefficient (Wildman–Crippen LogP) is 4.61. The molecule has 0 bridgehead atoms. The molecule has 1 N–H and O–H groups in total. The van der Waals surface area contributed by atoms with E-state index in [0.29, 0.717) is 36.2 Å². The zero-order chi connectivity index (χ0) is 22.1. The lowest BCUT2D eigenvalue weighted by Gasteiger charge is -2.31. The Morgan fingerprint density at radius 2 is 1.87 bits per heavy atom. The topological polar surface area (TPSA) is 58.6 Å². The highest BCUT2D eigenvalue weighted by atomic mass is 35.5. The van der Waals surface area contributed by atoms with Crippen molar-refractivity contribution in [1.82, 2.24) is 10.2 Å². The lowest BCUT2D eigenvalue weighted by molar-refractivity contribution is -0.143. The summed E-state index contributed by atoms with van der Waals surface area (Å²) in [5.74, 6) is 0.365. The maximum atomic E-state index is 13.1. The Morgan fingerprint density at radius 1 is 1.13 bits per heavy atom. The van der Waals surface area contributed by atoms with E-state index in [2.05, 4.69) is 5.32 Å². The zero-order valence-electron chi connectivity index (χ0n) is 18.2. The van der Waals surface area contributed by atoms with Crippen LogP contribution >= 0.6 is 11.6 Å². The number of amides is 2. The highest BCUT2D eigenvalue weighted by Crippen LogP contribution is 2.23. The van der Waals surface area contributed by atoms with E-state index in [4.69, 9.17) is 16.3 Å². The van der Waals surface area contributed by atoms with Gasteiger partial charge in [0.1, 0.15) is 11.8 Å². The molecule has 0 fully saturated rings. The molecule has 1 atom stereocenters. The van der Waals surface area contributed by atoms with Crippen molar-refractivity contribution in [2.45, 2.75) is 46.7 Å². The molecule has 0 aromatic heterocycles. The number of aryl methyl sites for hydroxylation is 1. The fraction of sp³-hybridized carbons (Fsp3) is 0.417. The summed E-state index contributed by atoms with van der Waals surface area (Å²) in [5.41, 5.74) is 2.07. The third kappa shape index (κ3) is 7.06. The van der Waals surface area contributed by atoms with Gasteiger partial charge in [-0.1, -0.05) is 74.3 Å². The van der Waals surface area contributed by atoms with Gasteiger partial charge in [0.2, 0.25) is 5.91 Å². The van der Waals surface area contributed by atoms with E-state index in [0.717, 1.165) is 11.1 Å². The number of para-hydroxylation sites is 1. The number of ether oxygens (including phenoxy) is 1. The Bertz CT molecular complexity index is 854. The smallest absolute Gasteiger partial charge is 0.261 e. The molecule has 5 nitrogen and oxygen atoms in total. The van der Waals surface area contributed by atoms with Gasteiger partial charge in [-0.15, -0.1) is 0 Å². The SMILES string of the molecule is CC[C@H](C(=O)NCC(C)C)N(Cc1cccc(C)c1)C(=O)COc1ccccc1Cl. The van der Waals surface area contributed by atoms with Crippen LogP contribution in [0.2, 0.25) is 5.02 Å². The maximum Gasteiger partial charge on any atom is 0.261 e. The van der Waals surface area contributed by atoms with Gasteiger partial charge in [-0.05, 0) is 37.0 Å². The molecule has 0 saturated carbocycles. The fourth-order valence-electron chi connectivity index (χ4n) is 3.13. The van der Waals surface area contributed by atoms with Crippen molar-refractivity contribution >= 4 is 23.4 Å². The van der Waals surface area contributed by atoms with Gasteiger partial charge < -0.3 is 15.0 Å². The number of benzene rings is 2. The van der Waals surface area contributed by atoms with Crippen molar-refractivity contribution in [2.75, 3.05) is 13.2 Å². The Kier molecular flexibility index (Phi) is 9.18. The summed E-state index contributed by atoms with van der Waals surface area (Å²) in [6, 6.07) is 14.4. The standard InChI is InChI=1S/C24H31ClN2O3/c1-5-21(24(29)26-14-17(2)3)27(15-19-10-8-9-18(4)13-19)23(28)16-30-22-12-7-6-11-20(22)25/h6-13,17,21H,5,14-16H2,1-4H3,(H,26,29)/t21-/m1/s1. The Labute approximate surface area is 184 Å². The molecule has 0 radical (unpaired) electrons. The number of rotatable bonds is 10. The van der Waals surface area contributed by atoms with E-state index < -0.39 is 6.04 Å². The molecule has 0 aliphatic carbocycles. The molecule has 0 heterocycles. The van der Waals surface area contributed by atoms with E-state index in [1.807, 2.05) is 52.0 Å². The van der Waals surface area contributed by atoms with Gasteiger partial charge in [0, 0.05) is 13.1 Å². The largest absolute Gasteiger partial charge is 0.482 e. The molecule has 0 saturated heterocycles. The van der Waals surface area contributed by atoms with Crippen LogP contribution in [0.4, 0.5) is 0 Å². The van der Waals surface area contributed by atoms with Crippen molar-refractivity contribution in [3.05, 3.63) is 64.7 Å². The normalized spacial score (nSPS) is 11.8. The van der Waals surface area contributed by atoms with E-state index in [1.54, 1.807) is 29.2 Å². The number of nitrogens with one attached hydrogen (secondary N) is 1. The minimum atomic E-state index is -0.577. The van der Waals surface area contributed by atoms with Crippen LogP contribution in [0.5, 0.6) is 5.75 Å². The first-order chi connectivity index (χ1) is 14.3. The molecule has 0 unspecified atom stereocenters. The quantitative estimate of drug-likeness (QED) is 0.598. The minimum absolute atomic E-state index is 0.148. The number of nitrogens with zero attached hydrogens (tertiary/aromatic N) is 1. The highest BCUT2D eigenvalue weighted by molar-refractivity contribution is 6.32. The van der Waals surface area contributed by atoms with Crippen LogP contribution in [0.1, 0.15) is 38.3 Å². The average molecular weight is 431 g/mol. The lowest BCUT2D eigenvalue weighted by atomic mass is 10.1. The molecule has 0 aliphatic heterocycles. The summed E-state index contributed by atoms with van der Waals surface area (Å²) >= 11 is 6.13. The van der Waals surface area contributed by atoms with Crippen LogP contribution < -0.4 is 10.1 Å². The second-order valence-electron chi connectivity index (χ2n) is 7.79. The third-order valence-corrected chi connectivity index (χ3v) is 5.01. The van der Waals surface area contributed by atoms with Gasteiger partial charge in [-0.2, -0.15) is 0 Å². The first-order valence-electron chi connectivity index (χ1n) is 10.3. The summed E-state index contributed by atoms with van der Waals surface area (Å²) in [6.45, 7) is 8.69. The third-order valence-electron chi connectivity index (χ3n) is 4.69.